The lowest BCUT2D eigenvalue weighted by Crippen LogP contribution is -2.39. The smallest absolute Gasteiger partial charge is 0.270 e. The van der Waals surface area contributed by atoms with Crippen LogP contribution in [-0.2, 0) is 13.0 Å². The largest absolute Gasteiger partial charge is 0.392 e. The summed E-state index contributed by atoms with van der Waals surface area (Å²) in [6, 6.07) is 18.1. The predicted molar refractivity (Wildman–Crippen MR) is 103 cm³/mol. The molecule has 0 bridgehead atoms. The summed E-state index contributed by atoms with van der Waals surface area (Å²) in [4.78, 5) is 18.0. The summed E-state index contributed by atoms with van der Waals surface area (Å²) >= 11 is 0. The maximum Gasteiger partial charge on any atom is 0.270 e. The number of hydrogen-bond donors (Lipinski definition) is 2. The molecule has 1 fully saturated rings. The first kappa shape index (κ1) is 16.9. The number of carbonyl (C=O) groups is 1. The summed E-state index contributed by atoms with van der Waals surface area (Å²) in [5.74, 6) is 0.716. The summed E-state index contributed by atoms with van der Waals surface area (Å²) in [5.41, 5.74) is 3.95. The minimum absolute atomic E-state index is 0.0918. The lowest BCUT2D eigenvalue weighted by molar-refractivity contribution is 0.0685. The number of amides is 1. The molecular formula is C22H24N2O2. The number of H-pyrrole nitrogens is 1. The SMILES string of the molecule is O=C(c1cc2ccccc2[nH]1)N1CCC(Cc2ccc(CO)cc2)CC1. The summed E-state index contributed by atoms with van der Waals surface area (Å²) in [6.45, 7) is 1.72. The van der Waals surface area contributed by atoms with E-state index in [2.05, 4.69) is 17.1 Å². The van der Waals surface area contributed by atoms with E-state index in [1.807, 2.05) is 47.4 Å². The van der Waals surface area contributed by atoms with E-state index in [9.17, 15) is 4.79 Å². The monoisotopic (exact) mass is 348 g/mol. The Morgan fingerprint density at radius 2 is 1.73 bits per heavy atom. The van der Waals surface area contributed by atoms with E-state index in [1.165, 1.54) is 5.56 Å². The molecule has 4 nitrogen and oxygen atoms in total. The van der Waals surface area contributed by atoms with Crippen molar-refractivity contribution in [3.8, 4) is 0 Å². The number of aliphatic hydroxyl groups is 1. The molecule has 0 spiro atoms. The summed E-state index contributed by atoms with van der Waals surface area (Å²) in [5, 5.41) is 10.2. The van der Waals surface area contributed by atoms with Crippen LogP contribution in [0.5, 0.6) is 0 Å². The number of para-hydroxylation sites is 1. The molecule has 2 heterocycles. The van der Waals surface area contributed by atoms with Crippen LogP contribution in [0.15, 0.2) is 54.6 Å². The number of benzene rings is 2. The van der Waals surface area contributed by atoms with Crippen LogP contribution in [0.25, 0.3) is 10.9 Å². The van der Waals surface area contributed by atoms with Gasteiger partial charge in [-0.1, -0.05) is 42.5 Å². The first-order chi connectivity index (χ1) is 12.7. The van der Waals surface area contributed by atoms with Gasteiger partial charge in [0.1, 0.15) is 5.69 Å². The number of nitrogens with zero attached hydrogens (tertiary/aromatic N) is 1. The molecule has 0 aliphatic carbocycles. The highest BCUT2D eigenvalue weighted by Gasteiger charge is 2.24. The number of nitrogens with one attached hydrogen (secondary N) is 1. The minimum atomic E-state index is 0.0918. The lowest BCUT2D eigenvalue weighted by atomic mass is 9.90. The molecule has 1 aromatic heterocycles. The third kappa shape index (κ3) is 3.51. The first-order valence-electron chi connectivity index (χ1n) is 9.28. The van der Waals surface area contributed by atoms with E-state index in [0.717, 1.165) is 48.8 Å². The van der Waals surface area contributed by atoms with Crippen molar-refractivity contribution in [1.29, 1.82) is 0 Å². The zero-order valence-electron chi connectivity index (χ0n) is 14.8. The van der Waals surface area contributed by atoms with Crippen molar-refractivity contribution < 1.29 is 9.90 Å². The Morgan fingerprint density at radius 1 is 1.04 bits per heavy atom. The Kier molecular flexibility index (Phi) is 4.76. The van der Waals surface area contributed by atoms with E-state index >= 15 is 0 Å². The van der Waals surface area contributed by atoms with Crippen LogP contribution in [0.3, 0.4) is 0 Å². The number of fused-ring (bicyclic) bond motifs is 1. The zero-order valence-corrected chi connectivity index (χ0v) is 14.8. The van der Waals surface area contributed by atoms with Gasteiger partial charge in [-0.3, -0.25) is 4.79 Å². The van der Waals surface area contributed by atoms with Crippen LogP contribution >= 0.6 is 0 Å². The highest BCUT2D eigenvalue weighted by Crippen LogP contribution is 2.24. The molecule has 4 heteroatoms. The van der Waals surface area contributed by atoms with Gasteiger partial charge >= 0.3 is 0 Å². The van der Waals surface area contributed by atoms with Gasteiger partial charge in [-0.15, -0.1) is 0 Å². The van der Waals surface area contributed by atoms with Gasteiger partial charge < -0.3 is 15.0 Å². The average molecular weight is 348 g/mol. The molecule has 0 radical (unpaired) electrons. The number of rotatable bonds is 4. The standard InChI is InChI=1S/C22H24N2O2/c25-15-18-7-5-16(6-8-18)13-17-9-11-24(12-10-17)22(26)21-14-19-3-1-2-4-20(19)23-21/h1-8,14,17,23,25H,9-13,15H2. The van der Waals surface area contributed by atoms with Crippen molar-refractivity contribution >= 4 is 16.8 Å². The van der Waals surface area contributed by atoms with Crippen LogP contribution in [0, 0.1) is 5.92 Å². The van der Waals surface area contributed by atoms with Gasteiger partial charge in [0.25, 0.3) is 5.91 Å². The average Bonchev–Trinajstić information content (AvgIpc) is 3.13. The van der Waals surface area contributed by atoms with Gasteiger partial charge in [-0.25, -0.2) is 0 Å². The Morgan fingerprint density at radius 3 is 2.42 bits per heavy atom. The molecular weight excluding hydrogens is 324 g/mol. The van der Waals surface area contributed by atoms with Gasteiger partial charge in [-0.05, 0) is 48.4 Å². The molecule has 1 saturated heterocycles. The number of piperidine rings is 1. The van der Waals surface area contributed by atoms with E-state index in [0.29, 0.717) is 11.6 Å². The fraction of sp³-hybridized carbons (Fsp3) is 0.318. The van der Waals surface area contributed by atoms with Gasteiger partial charge in [0.15, 0.2) is 0 Å². The number of aromatic nitrogens is 1. The second-order valence-electron chi connectivity index (χ2n) is 7.18. The molecule has 1 amide bonds. The van der Waals surface area contributed by atoms with E-state index in [1.54, 1.807) is 0 Å². The summed E-state index contributed by atoms with van der Waals surface area (Å²) in [6.07, 6.45) is 3.11. The summed E-state index contributed by atoms with van der Waals surface area (Å²) < 4.78 is 0. The number of aromatic amines is 1. The van der Waals surface area contributed by atoms with E-state index in [-0.39, 0.29) is 12.5 Å². The second kappa shape index (κ2) is 7.34. The lowest BCUT2D eigenvalue weighted by Gasteiger charge is -2.32. The molecule has 1 aliphatic heterocycles. The number of aliphatic hydroxyl groups excluding tert-OH is 1. The normalized spacial score (nSPS) is 15.5. The fourth-order valence-electron chi connectivity index (χ4n) is 3.81. The van der Waals surface area contributed by atoms with Crippen molar-refractivity contribution in [1.82, 2.24) is 9.88 Å². The minimum Gasteiger partial charge on any atom is -0.392 e. The Bertz CT molecular complexity index is 857. The topological polar surface area (TPSA) is 56.3 Å². The van der Waals surface area contributed by atoms with E-state index in [4.69, 9.17) is 5.11 Å². The fourth-order valence-corrected chi connectivity index (χ4v) is 3.81. The number of hydrogen-bond acceptors (Lipinski definition) is 2. The Balaban J connectivity index is 1.35. The Labute approximate surface area is 153 Å². The quantitative estimate of drug-likeness (QED) is 0.754. The third-order valence-electron chi connectivity index (χ3n) is 5.39. The maximum absolute atomic E-state index is 12.8. The second-order valence-corrected chi connectivity index (χ2v) is 7.18. The molecule has 2 aromatic carbocycles. The molecule has 4 rings (SSSR count). The molecule has 0 unspecified atom stereocenters. The number of carbonyl (C=O) groups excluding carboxylic acids is 1. The van der Waals surface area contributed by atoms with E-state index < -0.39 is 0 Å². The van der Waals surface area contributed by atoms with Crippen LogP contribution in [0.4, 0.5) is 0 Å². The summed E-state index contributed by atoms with van der Waals surface area (Å²) in [7, 11) is 0. The zero-order chi connectivity index (χ0) is 17.9. The van der Waals surface area contributed by atoms with Crippen LogP contribution in [0.2, 0.25) is 0 Å². The number of likely N-dealkylation sites (tertiary alicyclic amines) is 1. The first-order valence-corrected chi connectivity index (χ1v) is 9.28. The van der Waals surface area contributed by atoms with Crippen molar-refractivity contribution in [3.63, 3.8) is 0 Å². The van der Waals surface area contributed by atoms with Crippen LogP contribution < -0.4 is 0 Å². The molecule has 3 aromatic rings. The molecule has 0 saturated carbocycles. The Hall–Kier alpha value is -2.59. The molecule has 26 heavy (non-hydrogen) atoms. The van der Waals surface area contributed by atoms with Crippen molar-refractivity contribution in [2.24, 2.45) is 5.92 Å². The highest BCUT2D eigenvalue weighted by molar-refractivity contribution is 5.98. The highest BCUT2D eigenvalue weighted by atomic mass is 16.3. The van der Waals surface area contributed by atoms with Crippen LogP contribution in [0.1, 0.15) is 34.5 Å². The van der Waals surface area contributed by atoms with Crippen molar-refractivity contribution in [2.75, 3.05) is 13.1 Å². The molecule has 134 valence electrons. The van der Waals surface area contributed by atoms with Crippen LogP contribution in [-0.4, -0.2) is 34.0 Å². The van der Waals surface area contributed by atoms with Gasteiger partial charge in [-0.2, -0.15) is 0 Å². The third-order valence-corrected chi connectivity index (χ3v) is 5.39. The predicted octanol–water partition coefficient (Wildman–Crippen LogP) is 3.76. The van der Waals surface area contributed by atoms with Gasteiger partial charge in [0.05, 0.1) is 6.61 Å². The molecule has 1 aliphatic rings. The van der Waals surface area contributed by atoms with Crippen molar-refractivity contribution in [3.05, 3.63) is 71.4 Å². The molecule has 0 atom stereocenters. The molecule has 2 N–H and O–H groups in total. The maximum atomic E-state index is 12.8. The van der Waals surface area contributed by atoms with Gasteiger partial charge in [0.2, 0.25) is 0 Å². The van der Waals surface area contributed by atoms with Crippen molar-refractivity contribution in [2.45, 2.75) is 25.9 Å². The van der Waals surface area contributed by atoms with Gasteiger partial charge in [0, 0.05) is 24.0 Å².